The number of amides is 1. The van der Waals surface area contributed by atoms with Crippen LogP contribution in [0.5, 0.6) is 5.75 Å². The molecule has 1 fully saturated rings. The Labute approximate surface area is 105 Å². The van der Waals surface area contributed by atoms with Crippen molar-refractivity contribution in [3.63, 3.8) is 0 Å². The number of carbonyl (C=O) groups excluding carboxylic acids is 1. The van der Waals surface area contributed by atoms with Gasteiger partial charge in [-0.25, -0.2) is 4.79 Å². The maximum atomic E-state index is 11.5. The smallest absolute Gasteiger partial charge is 0.335 e. The van der Waals surface area contributed by atoms with Crippen LogP contribution in [0.4, 0.5) is 0 Å². The standard InChI is InChI=1S/C13H15NO4/c1-18-11-7-10(13(16)17)3-2-8(11)6-9-4-5-14-12(9)15/h2-3,7,9H,4-6H2,1H3,(H,14,15)(H,16,17). The van der Waals surface area contributed by atoms with Gasteiger partial charge in [0.05, 0.1) is 12.7 Å². The maximum absolute atomic E-state index is 11.5. The molecule has 96 valence electrons. The predicted molar refractivity (Wildman–Crippen MR) is 64.8 cm³/mol. The van der Waals surface area contributed by atoms with Crippen LogP contribution >= 0.6 is 0 Å². The van der Waals surface area contributed by atoms with Crippen molar-refractivity contribution in [3.05, 3.63) is 29.3 Å². The Bertz CT molecular complexity index is 484. The van der Waals surface area contributed by atoms with E-state index >= 15 is 0 Å². The lowest BCUT2D eigenvalue weighted by Gasteiger charge is -2.12. The van der Waals surface area contributed by atoms with E-state index in [2.05, 4.69) is 5.32 Å². The highest BCUT2D eigenvalue weighted by Crippen LogP contribution is 2.25. The summed E-state index contributed by atoms with van der Waals surface area (Å²) in [5.74, 6) is -0.456. The summed E-state index contributed by atoms with van der Waals surface area (Å²) in [6, 6.07) is 4.74. The highest BCUT2D eigenvalue weighted by Gasteiger charge is 2.25. The molecule has 0 aliphatic carbocycles. The molecule has 1 amide bonds. The molecule has 0 bridgehead atoms. The molecule has 1 atom stereocenters. The summed E-state index contributed by atoms with van der Waals surface area (Å²) in [4.78, 5) is 22.4. The zero-order chi connectivity index (χ0) is 13.1. The Kier molecular flexibility index (Phi) is 3.50. The number of carboxylic acids is 1. The van der Waals surface area contributed by atoms with Crippen LogP contribution in [-0.4, -0.2) is 30.6 Å². The van der Waals surface area contributed by atoms with Crippen LogP contribution in [0.3, 0.4) is 0 Å². The molecule has 5 heteroatoms. The Balaban J connectivity index is 2.22. The van der Waals surface area contributed by atoms with Crippen molar-refractivity contribution in [2.45, 2.75) is 12.8 Å². The summed E-state index contributed by atoms with van der Waals surface area (Å²) in [6.07, 6.45) is 1.39. The summed E-state index contributed by atoms with van der Waals surface area (Å²) in [7, 11) is 1.50. The minimum atomic E-state index is -0.988. The number of ether oxygens (including phenoxy) is 1. The van der Waals surface area contributed by atoms with Crippen LogP contribution in [0.25, 0.3) is 0 Å². The molecule has 1 aromatic carbocycles. The van der Waals surface area contributed by atoms with Gasteiger partial charge in [0.15, 0.2) is 0 Å². The number of rotatable bonds is 4. The van der Waals surface area contributed by atoms with E-state index in [-0.39, 0.29) is 17.4 Å². The number of methoxy groups -OCH3 is 1. The highest BCUT2D eigenvalue weighted by atomic mass is 16.5. The van der Waals surface area contributed by atoms with Gasteiger partial charge in [-0.15, -0.1) is 0 Å². The average Bonchev–Trinajstić information content (AvgIpc) is 2.75. The Hall–Kier alpha value is -2.04. The average molecular weight is 249 g/mol. The lowest BCUT2D eigenvalue weighted by atomic mass is 9.96. The molecule has 1 aliphatic heterocycles. The second-order valence-corrected chi connectivity index (χ2v) is 4.31. The number of benzene rings is 1. The number of carboxylic acid groups (broad SMARTS) is 1. The highest BCUT2D eigenvalue weighted by molar-refractivity contribution is 5.88. The van der Waals surface area contributed by atoms with Crippen LogP contribution in [-0.2, 0) is 11.2 Å². The van der Waals surface area contributed by atoms with Crippen LogP contribution in [0, 0.1) is 5.92 Å². The number of carbonyl (C=O) groups is 2. The topological polar surface area (TPSA) is 75.6 Å². The molecule has 0 aromatic heterocycles. The number of nitrogens with one attached hydrogen (secondary N) is 1. The molecule has 1 aromatic rings. The van der Waals surface area contributed by atoms with Gasteiger partial charge in [-0.05, 0) is 30.5 Å². The molecule has 1 saturated heterocycles. The first kappa shape index (κ1) is 12.4. The van der Waals surface area contributed by atoms with E-state index in [0.717, 1.165) is 12.0 Å². The van der Waals surface area contributed by atoms with Gasteiger partial charge < -0.3 is 15.2 Å². The first-order chi connectivity index (χ1) is 8.61. The molecule has 1 heterocycles. The quantitative estimate of drug-likeness (QED) is 0.837. The van der Waals surface area contributed by atoms with Gasteiger partial charge in [0, 0.05) is 12.5 Å². The number of hydrogen-bond acceptors (Lipinski definition) is 3. The van der Waals surface area contributed by atoms with E-state index in [0.29, 0.717) is 18.7 Å². The first-order valence-electron chi connectivity index (χ1n) is 5.79. The van der Waals surface area contributed by atoms with E-state index in [1.807, 2.05) is 0 Å². The second kappa shape index (κ2) is 5.08. The van der Waals surface area contributed by atoms with E-state index in [4.69, 9.17) is 9.84 Å². The summed E-state index contributed by atoms with van der Waals surface area (Å²) in [6.45, 7) is 0.707. The van der Waals surface area contributed by atoms with Gasteiger partial charge in [-0.3, -0.25) is 4.79 Å². The Morgan fingerprint density at radius 3 is 2.89 bits per heavy atom. The molecule has 1 unspecified atom stereocenters. The SMILES string of the molecule is COc1cc(C(=O)O)ccc1CC1CCNC1=O. The van der Waals surface area contributed by atoms with E-state index < -0.39 is 5.97 Å². The third-order valence-corrected chi connectivity index (χ3v) is 3.16. The summed E-state index contributed by atoms with van der Waals surface area (Å²) < 4.78 is 5.19. The van der Waals surface area contributed by atoms with Gasteiger partial charge in [-0.2, -0.15) is 0 Å². The molecule has 1 aliphatic rings. The largest absolute Gasteiger partial charge is 0.496 e. The van der Waals surface area contributed by atoms with Crippen molar-refractivity contribution in [1.82, 2.24) is 5.32 Å². The minimum Gasteiger partial charge on any atom is -0.496 e. The molecular weight excluding hydrogens is 234 g/mol. The normalized spacial score (nSPS) is 18.5. The van der Waals surface area contributed by atoms with Crippen molar-refractivity contribution in [3.8, 4) is 5.75 Å². The van der Waals surface area contributed by atoms with Crippen LogP contribution in [0.1, 0.15) is 22.3 Å². The predicted octanol–water partition coefficient (Wildman–Crippen LogP) is 1.07. The van der Waals surface area contributed by atoms with Gasteiger partial charge in [0.1, 0.15) is 5.75 Å². The fraction of sp³-hybridized carbons (Fsp3) is 0.385. The van der Waals surface area contributed by atoms with Crippen molar-refractivity contribution in [1.29, 1.82) is 0 Å². The molecule has 2 N–H and O–H groups in total. The molecule has 0 radical (unpaired) electrons. The van der Waals surface area contributed by atoms with Crippen molar-refractivity contribution >= 4 is 11.9 Å². The van der Waals surface area contributed by atoms with Crippen LogP contribution in [0.15, 0.2) is 18.2 Å². The van der Waals surface area contributed by atoms with Crippen LogP contribution < -0.4 is 10.1 Å². The fourth-order valence-electron chi connectivity index (χ4n) is 2.15. The van der Waals surface area contributed by atoms with Crippen LogP contribution in [0.2, 0.25) is 0 Å². The lowest BCUT2D eigenvalue weighted by Crippen LogP contribution is -2.20. The van der Waals surface area contributed by atoms with Crippen molar-refractivity contribution in [2.75, 3.05) is 13.7 Å². The molecule has 18 heavy (non-hydrogen) atoms. The van der Waals surface area contributed by atoms with Crippen molar-refractivity contribution in [2.24, 2.45) is 5.92 Å². The van der Waals surface area contributed by atoms with E-state index in [1.165, 1.54) is 19.2 Å². The monoisotopic (exact) mass is 249 g/mol. The number of hydrogen-bond donors (Lipinski definition) is 2. The molecular formula is C13H15NO4. The minimum absolute atomic E-state index is 0.0467. The fourth-order valence-corrected chi connectivity index (χ4v) is 2.15. The van der Waals surface area contributed by atoms with Gasteiger partial charge in [0.25, 0.3) is 0 Å². The zero-order valence-electron chi connectivity index (χ0n) is 10.1. The Morgan fingerprint density at radius 1 is 1.56 bits per heavy atom. The van der Waals surface area contributed by atoms with Gasteiger partial charge in [0.2, 0.25) is 5.91 Å². The Morgan fingerprint density at radius 2 is 2.33 bits per heavy atom. The molecule has 0 spiro atoms. The van der Waals surface area contributed by atoms with E-state index in [9.17, 15) is 9.59 Å². The van der Waals surface area contributed by atoms with E-state index in [1.54, 1.807) is 6.07 Å². The lowest BCUT2D eigenvalue weighted by molar-refractivity contribution is -0.122. The van der Waals surface area contributed by atoms with Gasteiger partial charge >= 0.3 is 5.97 Å². The summed E-state index contributed by atoms with van der Waals surface area (Å²) in [5.41, 5.74) is 1.05. The molecule has 2 rings (SSSR count). The summed E-state index contributed by atoms with van der Waals surface area (Å²) in [5, 5.41) is 11.7. The third-order valence-electron chi connectivity index (χ3n) is 3.16. The number of aromatic carboxylic acids is 1. The van der Waals surface area contributed by atoms with Crippen molar-refractivity contribution < 1.29 is 19.4 Å². The third kappa shape index (κ3) is 2.45. The first-order valence-corrected chi connectivity index (χ1v) is 5.79. The zero-order valence-corrected chi connectivity index (χ0v) is 10.1. The summed E-state index contributed by atoms with van der Waals surface area (Å²) >= 11 is 0. The second-order valence-electron chi connectivity index (χ2n) is 4.31. The maximum Gasteiger partial charge on any atom is 0.335 e. The molecule has 5 nitrogen and oxygen atoms in total. The molecule has 0 saturated carbocycles. The van der Waals surface area contributed by atoms with Gasteiger partial charge in [-0.1, -0.05) is 6.07 Å².